The maximum atomic E-state index is 13.2. The molecule has 1 aliphatic heterocycles. The smallest absolute Gasteiger partial charge is 0.258 e. The lowest BCUT2D eigenvalue weighted by Gasteiger charge is -2.36. The van der Waals surface area contributed by atoms with Gasteiger partial charge in [-0.3, -0.25) is 4.79 Å². The Bertz CT molecular complexity index is 820. The van der Waals surface area contributed by atoms with Crippen LogP contribution in [-0.4, -0.2) is 25.6 Å². The maximum absolute atomic E-state index is 13.2. The maximum Gasteiger partial charge on any atom is 0.258 e. The summed E-state index contributed by atoms with van der Waals surface area (Å²) in [6, 6.07) is 9.94. The molecule has 1 N–H and O–H groups in total. The van der Waals surface area contributed by atoms with Gasteiger partial charge < -0.3 is 15.0 Å². The first kappa shape index (κ1) is 17.8. The summed E-state index contributed by atoms with van der Waals surface area (Å²) in [4.78, 5) is 15.1. The molecule has 1 unspecified atom stereocenters. The van der Waals surface area contributed by atoms with Crippen LogP contribution in [-0.2, 0) is 0 Å². The van der Waals surface area contributed by atoms with Crippen molar-refractivity contribution in [2.24, 2.45) is 0 Å². The summed E-state index contributed by atoms with van der Waals surface area (Å²) < 4.78 is 6.04. The average Bonchev–Trinajstić information content (AvgIpc) is 2.61. The lowest BCUT2D eigenvalue weighted by Crippen LogP contribution is -2.44. The van der Waals surface area contributed by atoms with Gasteiger partial charge in [0, 0.05) is 18.2 Å². The van der Waals surface area contributed by atoms with Crippen LogP contribution >= 0.6 is 15.9 Å². The fourth-order valence-electron chi connectivity index (χ4n) is 3.10. The number of methoxy groups -OCH3 is 1. The molecular formula is C20H23BrN2O2. The van der Waals surface area contributed by atoms with Crippen LogP contribution in [0.1, 0.15) is 34.8 Å². The second-order valence-electron chi connectivity index (χ2n) is 6.47. The van der Waals surface area contributed by atoms with E-state index < -0.39 is 0 Å². The van der Waals surface area contributed by atoms with E-state index in [4.69, 9.17) is 4.74 Å². The molecule has 1 aliphatic rings. The van der Waals surface area contributed by atoms with Gasteiger partial charge in [0.25, 0.3) is 5.91 Å². The highest BCUT2D eigenvalue weighted by Crippen LogP contribution is 2.35. The third-order valence-electron chi connectivity index (χ3n) is 4.80. The van der Waals surface area contributed by atoms with Gasteiger partial charge in [0.15, 0.2) is 0 Å². The summed E-state index contributed by atoms with van der Waals surface area (Å²) in [5, 5.41) is 3.56. The average molecular weight is 403 g/mol. The molecule has 25 heavy (non-hydrogen) atoms. The Labute approximate surface area is 157 Å². The number of rotatable bonds is 3. The second-order valence-corrected chi connectivity index (χ2v) is 7.32. The van der Waals surface area contributed by atoms with Gasteiger partial charge in [-0.05, 0) is 77.7 Å². The van der Waals surface area contributed by atoms with E-state index in [-0.39, 0.29) is 11.9 Å². The number of halogens is 1. The summed E-state index contributed by atoms with van der Waals surface area (Å²) in [5.74, 6) is 0.725. The Morgan fingerprint density at radius 1 is 1.28 bits per heavy atom. The first-order valence-corrected chi connectivity index (χ1v) is 9.27. The fourth-order valence-corrected chi connectivity index (χ4v) is 3.64. The number of amides is 1. The minimum Gasteiger partial charge on any atom is -0.496 e. The number of hydrogen-bond acceptors (Lipinski definition) is 3. The zero-order valence-corrected chi connectivity index (χ0v) is 16.6. The number of aryl methyl sites for hydroxylation is 2. The van der Waals surface area contributed by atoms with Gasteiger partial charge in [0.1, 0.15) is 5.75 Å². The van der Waals surface area contributed by atoms with Crippen molar-refractivity contribution in [3.8, 4) is 5.75 Å². The lowest BCUT2D eigenvalue weighted by molar-refractivity contribution is 0.0984. The Morgan fingerprint density at radius 2 is 2.00 bits per heavy atom. The lowest BCUT2D eigenvalue weighted by atomic mass is 10.0. The van der Waals surface area contributed by atoms with Crippen LogP contribution in [0.25, 0.3) is 0 Å². The first-order chi connectivity index (χ1) is 11.9. The number of benzene rings is 2. The van der Waals surface area contributed by atoms with Crippen molar-refractivity contribution in [2.75, 3.05) is 23.9 Å². The molecule has 1 heterocycles. The molecule has 5 heteroatoms. The van der Waals surface area contributed by atoms with Crippen LogP contribution in [0.4, 0.5) is 11.4 Å². The molecule has 3 rings (SSSR count). The van der Waals surface area contributed by atoms with Crippen LogP contribution in [0.15, 0.2) is 34.8 Å². The molecule has 2 aromatic carbocycles. The van der Waals surface area contributed by atoms with Gasteiger partial charge in [-0.2, -0.15) is 0 Å². The van der Waals surface area contributed by atoms with Crippen LogP contribution in [0, 0.1) is 13.8 Å². The van der Waals surface area contributed by atoms with E-state index in [2.05, 4.69) is 54.2 Å². The van der Waals surface area contributed by atoms with Gasteiger partial charge in [-0.25, -0.2) is 0 Å². The van der Waals surface area contributed by atoms with E-state index in [1.54, 1.807) is 7.11 Å². The largest absolute Gasteiger partial charge is 0.496 e. The molecule has 132 valence electrons. The van der Waals surface area contributed by atoms with E-state index in [9.17, 15) is 4.79 Å². The summed E-state index contributed by atoms with van der Waals surface area (Å²) in [6.07, 6.45) is 0.961. The summed E-state index contributed by atoms with van der Waals surface area (Å²) in [5.41, 5.74) is 5.03. The molecule has 0 radical (unpaired) electrons. The molecule has 0 aliphatic carbocycles. The van der Waals surface area contributed by atoms with E-state index in [0.29, 0.717) is 12.1 Å². The Balaban J connectivity index is 2.02. The number of hydrogen-bond donors (Lipinski definition) is 1. The number of ether oxygens (including phenoxy) is 1. The Morgan fingerprint density at radius 3 is 2.64 bits per heavy atom. The molecule has 2 aromatic rings. The number of nitrogens with zero attached hydrogens (tertiary/aromatic N) is 1. The normalized spacial score (nSPS) is 16.2. The van der Waals surface area contributed by atoms with Crippen molar-refractivity contribution in [3.05, 3.63) is 51.5 Å². The minimum absolute atomic E-state index is 0.00723. The third kappa shape index (κ3) is 3.38. The SMILES string of the molecule is CCC1CN(C(=O)c2ccc(OC)c(Br)c2)c2cc(C)c(C)cc2N1. The quantitative estimate of drug-likeness (QED) is 0.791. The van der Waals surface area contributed by atoms with Crippen LogP contribution < -0.4 is 15.0 Å². The number of carbonyl (C=O) groups excluding carboxylic acids is 1. The molecule has 1 amide bonds. The molecule has 0 saturated carbocycles. The van der Waals surface area contributed by atoms with Crippen molar-refractivity contribution in [1.82, 2.24) is 0 Å². The fraction of sp³-hybridized carbons (Fsp3) is 0.350. The summed E-state index contributed by atoms with van der Waals surface area (Å²) in [6.45, 7) is 6.97. The Hall–Kier alpha value is -2.01. The molecule has 0 aromatic heterocycles. The summed E-state index contributed by atoms with van der Waals surface area (Å²) >= 11 is 3.47. The van der Waals surface area contributed by atoms with Gasteiger partial charge in [0.05, 0.1) is 23.0 Å². The molecule has 0 fully saturated rings. The van der Waals surface area contributed by atoms with Crippen molar-refractivity contribution >= 4 is 33.2 Å². The molecule has 0 spiro atoms. The van der Waals surface area contributed by atoms with Gasteiger partial charge in [-0.1, -0.05) is 6.92 Å². The molecular weight excluding hydrogens is 380 g/mol. The third-order valence-corrected chi connectivity index (χ3v) is 5.42. The van der Waals surface area contributed by atoms with E-state index in [0.717, 1.165) is 28.0 Å². The minimum atomic E-state index is 0.00723. The highest BCUT2D eigenvalue weighted by Gasteiger charge is 2.28. The zero-order valence-electron chi connectivity index (χ0n) is 15.0. The number of carbonyl (C=O) groups is 1. The van der Waals surface area contributed by atoms with Crippen molar-refractivity contribution in [3.63, 3.8) is 0 Å². The second kappa shape index (κ2) is 7.08. The molecule has 0 bridgehead atoms. The number of anilines is 2. The van der Waals surface area contributed by atoms with Crippen molar-refractivity contribution in [1.29, 1.82) is 0 Å². The monoisotopic (exact) mass is 402 g/mol. The van der Waals surface area contributed by atoms with Crippen LogP contribution in [0.2, 0.25) is 0 Å². The highest BCUT2D eigenvalue weighted by molar-refractivity contribution is 9.10. The van der Waals surface area contributed by atoms with Crippen molar-refractivity contribution in [2.45, 2.75) is 33.2 Å². The van der Waals surface area contributed by atoms with E-state index >= 15 is 0 Å². The molecule has 4 nitrogen and oxygen atoms in total. The summed E-state index contributed by atoms with van der Waals surface area (Å²) in [7, 11) is 1.62. The van der Waals surface area contributed by atoms with Crippen molar-refractivity contribution < 1.29 is 9.53 Å². The topological polar surface area (TPSA) is 41.6 Å². The van der Waals surface area contributed by atoms with E-state index in [1.807, 2.05) is 23.1 Å². The zero-order chi connectivity index (χ0) is 18.1. The van der Waals surface area contributed by atoms with E-state index in [1.165, 1.54) is 11.1 Å². The van der Waals surface area contributed by atoms with Crippen LogP contribution in [0.5, 0.6) is 5.75 Å². The molecule has 1 atom stereocenters. The Kier molecular flexibility index (Phi) is 5.04. The number of fused-ring (bicyclic) bond motifs is 1. The predicted octanol–water partition coefficient (Wildman–Crippen LogP) is 4.93. The highest BCUT2D eigenvalue weighted by atomic mass is 79.9. The van der Waals surface area contributed by atoms with Crippen LogP contribution in [0.3, 0.4) is 0 Å². The first-order valence-electron chi connectivity index (χ1n) is 8.47. The number of nitrogens with one attached hydrogen (secondary N) is 1. The predicted molar refractivity (Wildman–Crippen MR) is 106 cm³/mol. The van der Waals surface area contributed by atoms with Gasteiger partial charge >= 0.3 is 0 Å². The van der Waals surface area contributed by atoms with Gasteiger partial charge in [0.2, 0.25) is 0 Å². The van der Waals surface area contributed by atoms with Gasteiger partial charge in [-0.15, -0.1) is 0 Å². The standard InChI is InChI=1S/C20H23BrN2O2/c1-5-15-11-23(18-9-13(3)12(2)8-17(18)22-15)20(24)14-6-7-19(25-4)16(21)10-14/h6-10,15,22H,5,11H2,1-4H3. The molecule has 0 saturated heterocycles.